The van der Waals surface area contributed by atoms with E-state index >= 15 is 0 Å². The monoisotopic (exact) mass is 212 g/mol. The van der Waals surface area contributed by atoms with Crippen LogP contribution in [0.25, 0.3) is 0 Å². The maximum Gasteiger partial charge on any atom is 0.0599 e. The third-order valence-corrected chi connectivity index (χ3v) is 4.83. The van der Waals surface area contributed by atoms with Gasteiger partial charge in [0.25, 0.3) is 0 Å². The molecule has 0 saturated carbocycles. The second-order valence-corrected chi connectivity index (χ2v) is 11.6. The van der Waals surface area contributed by atoms with Gasteiger partial charge in [-0.3, -0.25) is 0 Å². The fourth-order valence-corrected chi connectivity index (χ4v) is 4.58. The van der Waals surface area contributed by atoms with Crippen molar-refractivity contribution in [3.05, 3.63) is 0 Å². The maximum atomic E-state index is 3.55. The second-order valence-electron chi connectivity index (χ2n) is 6.16. The predicted molar refractivity (Wildman–Crippen MR) is 64.3 cm³/mol. The Labute approximate surface area is 89.1 Å². The normalized spacial score (nSPS) is 34.5. The molecule has 0 aromatic rings. The van der Waals surface area contributed by atoms with E-state index in [-0.39, 0.29) is 0 Å². The summed E-state index contributed by atoms with van der Waals surface area (Å²) in [6, 6.07) is 0.871. The number of hydrogen-bond acceptors (Lipinski definition) is 2. The minimum atomic E-state index is -0.906. The molecule has 2 saturated heterocycles. The van der Waals surface area contributed by atoms with Crippen molar-refractivity contribution in [3.63, 3.8) is 0 Å². The van der Waals surface area contributed by atoms with Crippen molar-refractivity contribution >= 4 is 8.07 Å². The lowest BCUT2D eigenvalue weighted by atomic mass is 9.93. The molecule has 14 heavy (non-hydrogen) atoms. The van der Waals surface area contributed by atoms with Gasteiger partial charge in [-0.15, -0.1) is 0 Å². The molecule has 2 aliphatic rings. The summed E-state index contributed by atoms with van der Waals surface area (Å²) in [7, 11) is -0.906. The molecular weight excluding hydrogens is 188 g/mol. The first-order valence-corrected chi connectivity index (χ1v) is 9.72. The van der Waals surface area contributed by atoms with Crippen LogP contribution >= 0.6 is 0 Å². The van der Waals surface area contributed by atoms with Crippen LogP contribution in [0.5, 0.6) is 0 Å². The Kier molecular flexibility index (Phi) is 3.00. The van der Waals surface area contributed by atoms with Crippen molar-refractivity contribution in [1.29, 1.82) is 0 Å². The smallest absolute Gasteiger partial charge is 0.0599 e. The molecule has 1 N–H and O–H groups in total. The van der Waals surface area contributed by atoms with Gasteiger partial charge in [0.15, 0.2) is 0 Å². The van der Waals surface area contributed by atoms with Crippen LogP contribution < -0.4 is 5.32 Å². The van der Waals surface area contributed by atoms with Crippen LogP contribution in [-0.2, 0) is 0 Å². The summed E-state index contributed by atoms with van der Waals surface area (Å²) in [6.07, 6.45) is 4.28. The van der Waals surface area contributed by atoms with E-state index in [1.165, 1.54) is 38.6 Å². The Balaban J connectivity index is 1.97. The first-order chi connectivity index (χ1) is 6.56. The molecule has 0 aliphatic carbocycles. The molecule has 0 radical (unpaired) electrons. The number of likely N-dealkylation sites (tertiary alicyclic amines) is 1. The van der Waals surface area contributed by atoms with Crippen molar-refractivity contribution in [2.75, 3.05) is 25.8 Å². The molecule has 3 heteroatoms. The fraction of sp³-hybridized carbons (Fsp3) is 1.00. The highest BCUT2D eigenvalue weighted by atomic mass is 28.3. The summed E-state index contributed by atoms with van der Waals surface area (Å²) in [5.74, 6) is 0.958. The van der Waals surface area contributed by atoms with Crippen molar-refractivity contribution in [2.24, 2.45) is 5.92 Å². The molecule has 82 valence electrons. The van der Waals surface area contributed by atoms with Gasteiger partial charge in [0.05, 0.1) is 8.07 Å². The van der Waals surface area contributed by atoms with Gasteiger partial charge in [-0.1, -0.05) is 19.6 Å². The van der Waals surface area contributed by atoms with E-state index in [0.29, 0.717) is 0 Å². The molecule has 0 bridgehead atoms. The summed E-state index contributed by atoms with van der Waals surface area (Å²) in [6.45, 7) is 11.3. The maximum absolute atomic E-state index is 3.55. The molecule has 2 rings (SSSR count). The van der Waals surface area contributed by atoms with Gasteiger partial charge >= 0.3 is 0 Å². The average Bonchev–Trinajstić information content (AvgIpc) is 2.49. The van der Waals surface area contributed by atoms with Crippen LogP contribution in [0.2, 0.25) is 19.6 Å². The first kappa shape index (κ1) is 10.6. The minimum absolute atomic E-state index is 0.871. The van der Waals surface area contributed by atoms with Crippen LogP contribution in [0, 0.1) is 5.92 Å². The van der Waals surface area contributed by atoms with E-state index in [2.05, 4.69) is 29.9 Å². The summed E-state index contributed by atoms with van der Waals surface area (Å²) in [5, 5.41) is 3.55. The molecule has 0 amide bonds. The van der Waals surface area contributed by atoms with Crippen LogP contribution in [0.1, 0.15) is 12.8 Å². The van der Waals surface area contributed by atoms with Crippen molar-refractivity contribution < 1.29 is 0 Å². The van der Waals surface area contributed by atoms with Gasteiger partial charge in [-0.25, -0.2) is 0 Å². The highest BCUT2D eigenvalue weighted by Crippen LogP contribution is 2.27. The number of hydrogen-bond donors (Lipinski definition) is 1. The molecule has 2 nitrogen and oxygen atoms in total. The number of rotatable bonds is 2. The van der Waals surface area contributed by atoms with Crippen LogP contribution in [0.3, 0.4) is 0 Å². The van der Waals surface area contributed by atoms with Crippen LogP contribution in [-0.4, -0.2) is 44.8 Å². The first-order valence-electron chi connectivity index (χ1n) is 6.01. The molecule has 2 fully saturated rings. The number of piperidine rings is 1. The lowest BCUT2D eigenvalue weighted by molar-refractivity contribution is 0.145. The largest absolute Gasteiger partial charge is 0.315 e. The molecule has 2 heterocycles. The molecule has 0 aromatic heterocycles. The van der Waals surface area contributed by atoms with E-state index in [4.69, 9.17) is 0 Å². The average molecular weight is 212 g/mol. The Hall–Kier alpha value is 0.137. The van der Waals surface area contributed by atoms with Gasteiger partial charge in [0.1, 0.15) is 0 Å². The lowest BCUT2D eigenvalue weighted by Gasteiger charge is -2.40. The molecule has 2 atom stereocenters. The Morgan fingerprint density at radius 1 is 1.29 bits per heavy atom. The Bertz CT molecular complexity index is 200. The van der Waals surface area contributed by atoms with Gasteiger partial charge in [-0.2, -0.15) is 0 Å². The third kappa shape index (κ3) is 2.38. The molecule has 2 unspecified atom stereocenters. The van der Waals surface area contributed by atoms with Crippen LogP contribution in [0.15, 0.2) is 0 Å². The van der Waals surface area contributed by atoms with Gasteiger partial charge in [0.2, 0.25) is 0 Å². The van der Waals surface area contributed by atoms with Crippen molar-refractivity contribution in [3.8, 4) is 0 Å². The standard InChI is InChI=1S/C11H24N2Si/c1-14(2,3)9-13-6-4-5-10-7-12-8-11(10)13/h10-12H,4-9H2,1-3H3. The van der Waals surface area contributed by atoms with E-state index in [1.54, 1.807) is 0 Å². The van der Waals surface area contributed by atoms with Crippen LogP contribution in [0.4, 0.5) is 0 Å². The SMILES string of the molecule is C[Si](C)(C)CN1CCCC2CNCC21. The molecular formula is C11H24N2Si. The summed E-state index contributed by atoms with van der Waals surface area (Å²) < 4.78 is 0. The van der Waals surface area contributed by atoms with Gasteiger partial charge in [-0.05, 0) is 38.0 Å². The predicted octanol–water partition coefficient (Wildman–Crippen LogP) is 1.55. The fourth-order valence-electron chi connectivity index (χ4n) is 2.97. The molecule has 0 aromatic carbocycles. The zero-order valence-electron chi connectivity index (χ0n) is 9.84. The highest BCUT2D eigenvalue weighted by Gasteiger charge is 2.36. The number of nitrogens with zero attached hydrogens (tertiary/aromatic N) is 1. The van der Waals surface area contributed by atoms with E-state index in [9.17, 15) is 0 Å². The molecule has 2 aliphatic heterocycles. The van der Waals surface area contributed by atoms with Crippen molar-refractivity contribution in [1.82, 2.24) is 10.2 Å². The highest BCUT2D eigenvalue weighted by molar-refractivity contribution is 6.76. The number of fused-ring (bicyclic) bond motifs is 1. The number of nitrogens with one attached hydrogen (secondary N) is 1. The van der Waals surface area contributed by atoms with Gasteiger partial charge < -0.3 is 10.2 Å². The van der Waals surface area contributed by atoms with Crippen molar-refractivity contribution in [2.45, 2.75) is 38.5 Å². The quantitative estimate of drug-likeness (QED) is 0.699. The summed E-state index contributed by atoms with van der Waals surface area (Å²) in [4.78, 5) is 2.78. The summed E-state index contributed by atoms with van der Waals surface area (Å²) >= 11 is 0. The second kappa shape index (κ2) is 3.95. The third-order valence-electron chi connectivity index (χ3n) is 3.47. The topological polar surface area (TPSA) is 15.3 Å². The minimum Gasteiger partial charge on any atom is -0.315 e. The molecule has 0 spiro atoms. The Morgan fingerprint density at radius 2 is 2.07 bits per heavy atom. The lowest BCUT2D eigenvalue weighted by Crippen LogP contribution is -2.51. The zero-order valence-corrected chi connectivity index (χ0v) is 10.8. The Morgan fingerprint density at radius 3 is 2.79 bits per heavy atom. The zero-order chi connectivity index (χ0) is 10.2. The van der Waals surface area contributed by atoms with E-state index < -0.39 is 8.07 Å². The van der Waals surface area contributed by atoms with Gasteiger partial charge in [0, 0.05) is 12.6 Å². The van der Waals surface area contributed by atoms with E-state index in [1.807, 2.05) is 0 Å². The summed E-state index contributed by atoms with van der Waals surface area (Å²) in [5.41, 5.74) is 0. The van der Waals surface area contributed by atoms with E-state index in [0.717, 1.165) is 12.0 Å².